The van der Waals surface area contributed by atoms with E-state index in [1.165, 1.54) is 11.0 Å². The zero-order chi connectivity index (χ0) is 13.0. The quantitative estimate of drug-likeness (QED) is 0.855. The minimum atomic E-state index is -0.163. The molecule has 0 aliphatic carbocycles. The van der Waals surface area contributed by atoms with Crippen molar-refractivity contribution in [3.63, 3.8) is 0 Å². The van der Waals surface area contributed by atoms with Crippen LogP contribution in [0.1, 0.15) is 31.9 Å². The number of benzene rings is 1. The second kappa shape index (κ2) is 6.55. The topological polar surface area (TPSA) is 21.3 Å². The normalized spacial score (nSPS) is 17.5. The first-order valence-electron chi connectivity index (χ1n) is 6.48. The fraction of sp³-hybridized carbons (Fsp3) is 0.571. The maximum Gasteiger partial charge on any atom is 0.123 e. The fourth-order valence-electron chi connectivity index (χ4n) is 1.90. The Labute approximate surface area is 112 Å². The highest BCUT2D eigenvalue weighted by molar-refractivity contribution is 8.00. The summed E-state index contributed by atoms with van der Waals surface area (Å²) < 4.78 is 18.6. The summed E-state index contributed by atoms with van der Waals surface area (Å²) in [6.45, 7) is 6.78. The van der Waals surface area contributed by atoms with E-state index >= 15 is 0 Å². The molecular formula is C14H20FNOS. The van der Waals surface area contributed by atoms with Crippen molar-refractivity contribution in [1.82, 2.24) is 5.32 Å². The minimum absolute atomic E-state index is 0.163. The van der Waals surface area contributed by atoms with Crippen molar-refractivity contribution in [1.29, 1.82) is 0 Å². The van der Waals surface area contributed by atoms with Gasteiger partial charge in [-0.3, -0.25) is 0 Å². The van der Waals surface area contributed by atoms with E-state index in [4.69, 9.17) is 4.74 Å². The van der Waals surface area contributed by atoms with Crippen molar-refractivity contribution in [3.8, 4) is 0 Å². The lowest BCUT2D eigenvalue weighted by Gasteiger charge is -2.27. The molecule has 1 unspecified atom stereocenters. The lowest BCUT2D eigenvalue weighted by molar-refractivity contribution is 0.0455. The van der Waals surface area contributed by atoms with Gasteiger partial charge in [0.15, 0.2) is 0 Å². The molecule has 1 N–H and O–H groups in total. The molecule has 1 aromatic rings. The van der Waals surface area contributed by atoms with E-state index in [2.05, 4.69) is 19.2 Å². The van der Waals surface area contributed by atoms with Crippen molar-refractivity contribution in [2.45, 2.75) is 36.5 Å². The number of halogens is 1. The number of nitrogens with one attached hydrogen (secondary N) is 1. The zero-order valence-corrected chi connectivity index (χ0v) is 11.7. The molecule has 0 radical (unpaired) electrons. The number of ether oxygens (including phenoxy) is 1. The van der Waals surface area contributed by atoms with E-state index in [1.54, 1.807) is 17.8 Å². The highest BCUT2D eigenvalue weighted by Crippen LogP contribution is 2.33. The van der Waals surface area contributed by atoms with Crippen LogP contribution in [0.25, 0.3) is 0 Å². The van der Waals surface area contributed by atoms with Gasteiger partial charge in [0.2, 0.25) is 0 Å². The van der Waals surface area contributed by atoms with E-state index in [0.717, 1.165) is 31.7 Å². The SMILES string of the molecule is CCCNC(C)c1cc(F)ccc1SC1COC1. The molecule has 18 heavy (non-hydrogen) atoms. The summed E-state index contributed by atoms with van der Waals surface area (Å²) in [5, 5.41) is 3.94. The summed E-state index contributed by atoms with van der Waals surface area (Å²) in [4.78, 5) is 1.17. The molecule has 2 nitrogen and oxygen atoms in total. The van der Waals surface area contributed by atoms with E-state index < -0.39 is 0 Å². The molecule has 0 saturated carbocycles. The lowest BCUT2D eigenvalue weighted by Crippen LogP contribution is -2.30. The highest BCUT2D eigenvalue weighted by Gasteiger charge is 2.22. The van der Waals surface area contributed by atoms with Gasteiger partial charge in [0.1, 0.15) is 5.82 Å². The van der Waals surface area contributed by atoms with Crippen LogP contribution in [0.3, 0.4) is 0 Å². The first-order valence-corrected chi connectivity index (χ1v) is 7.36. The molecule has 1 heterocycles. The summed E-state index contributed by atoms with van der Waals surface area (Å²) in [5.74, 6) is -0.163. The van der Waals surface area contributed by atoms with Crippen LogP contribution in [-0.4, -0.2) is 25.0 Å². The number of thioether (sulfide) groups is 1. The Morgan fingerprint density at radius 2 is 2.28 bits per heavy atom. The standard InChI is InChI=1S/C14H20FNOS/c1-3-6-16-10(2)13-7-11(15)4-5-14(13)18-12-8-17-9-12/h4-5,7,10,12,16H,3,6,8-9H2,1-2H3. The molecule has 1 saturated heterocycles. The first kappa shape index (κ1) is 13.8. The second-order valence-electron chi connectivity index (χ2n) is 4.64. The molecule has 1 fully saturated rings. The average molecular weight is 269 g/mol. The van der Waals surface area contributed by atoms with Crippen molar-refractivity contribution in [2.24, 2.45) is 0 Å². The van der Waals surface area contributed by atoms with Crippen LogP contribution in [-0.2, 0) is 4.74 Å². The van der Waals surface area contributed by atoms with Gasteiger partial charge < -0.3 is 10.1 Å². The number of rotatable bonds is 6. The molecule has 1 aliphatic heterocycles. The van der Waals surface area contributed by atoms with Gasteiger partial charge >= 0.3 is 0 Å². The van der Waals surface area contributed by atoms with Crippen molar-refractivity contribution < 1.29 is 9.13 Å². The van der Waals surface area contributed by atoms with Gasteiger partial charge in [-0.05, 0) is 43.7 Å². The third kappa shape index (κ3) is 3.46. The van der Waals surface area contributed by atoms with Gasteiger partial charge in [0, 0.05) is 10.9 Å². The molecule has 0 spiro atoms. The van der Waals surface area contributed by atoms with Crippen LogP contribution in [0.5, 0.6) is 0 Å². The lowest BCUT2D eigenvalue weighted by atomic mass is 10.1. The molecule has 0 bridgehead atoms. The molecule has 0 aromatic heterocycles. The molecule has 100 valence electrons. The van der Waals surface area contributed by atoms with E-state index in [-0.39, 0.29) is 11.9 Å². The zero-order valence-electron chi connectivity index (χ0n) is 10.9. The summed E-state index contributed by atoms with van der Waals surface area (Å²) in [5.41, 5.74) is 1.06. The molecule has 0 amide bonds. The molecule has 4 heteroatoms. The second-order valence-corrected chi connectivity index (χ2v) is 5.98. The van der Waals surface area contributed by atoms with Gasteiger partial charge in [-0.2, -0.15) is 0 Å². The van der Waals surface area contributed by atoms with Gasteiger partial charge in [-0.25, -0.2) is 4.39 Å². The Morgan fingerprint density at radius 1 is 1.50 bits per heavy atom. The van der Waals surface area contributed by atoms with Crippen LogP contribution in [0.15, 0.2) is 23.1 Å². The molecular weight excluding hydrogens is 249 g/mol. The smallest absolute Gasteiger partial charge is 0.123 e. The van der Waals surface area contributed by atoms with Crippen LogP contribution in [0.2, 0.25) is 0 Å². The Balaban J connectivity index is 2.11. The van der Waals surface area contributed by atoms with E-state index in [1.807, 2.05) is 6.07 Å². The van der Waals surface area contributed by atoms with Gasteiger partial charge in [0.05, 0.1) is 18.5 Å². The van der Waals surface area contributed by atoms with Crippen LogP contribution < -0.4 is 5.32 Å². The van der Waals surface area contributed by atoms with Crippen molar-refractivity contribution in [2.75, 3.05) is 19.8 Å². The predicted octanol–water partition coefficient (Wildman–Crippen LogP) is 3.38. The van der Waals surface area contributed by atoms with E-state index in [0.29, 0.717) is 5.25 Å². The largest absolute Gasteiger partial charge is 0.379 e. The third-order valence-corrected chi connectivity index (χ3v) is 4.27. The minimum Gasteiger partial charge on any atom is -0.379 e. The summed E-state index contributed by atoms with van der Waals surface area (Å²) in [7, 11) is 0. The summed E-state index contributed by atoms with van der Waals surface area (Å²) in [6, 6.07) is 5.26. The molecule has 1 aliphatic rings. The van der Waals surface area contributed by atoms with Crippen LogP contribution >= 0.6 is 11.8 Å². The van der Waals surface area contributed by atoms with E-state index in [9.17, 15) is 4.39 Å². The maximum absolute atomic E-state index is 13.4. The maximum atomic E-state index is 13.4. The van der Waals surface area contributed by atoms with Crippen LogP contribution in [0, 0.1) is 5.82 Å². The van der Waals surface area contributed by atoms with Gasteiger partial charge in [0.25, 0.3) is 0 Å². The fourth-order valence-corrected chi connectivity index (χ4v) is 3.10. The van der Waals surface area contributed by atoms with Crippen LogP contribution in [0.4, 0.5) is 4.39 Å². The summed E-state index contributed by atoms with van der Waals surface area (Å²) in [6.07, 6.45) is 1.08. The predicted molar refractivity (Wildman–Crippen MR) is 73.6 cm³/mol. The van der Waals surface area contributed by atoms with Crippen molar-refractivity contribution in [3.05, 3.63) is 29.6 Å². The van der Waals surface area contributed by atoms with Gasteiger partial charge in [-0.1, -0.05) is 6.92 Å². The Bertz CT molecular complexity index is 395. The Hall–Kier alpha value is -0.580. The first-order chi connectivity index (χ1) is 8.70. The Kier molecular flexibility index (Phi) is 5.03. The van der Waals surface area contributed by atoms with Gasteiger partial charge in [-0.15, -0.1) is 11.8 Å². The number of hydrogen-bond donors (Lipinski definition) is 1. The highest BCUT2D eigenvalue weighted by atomic mass is 32.2. The third-order valence-electron chi connectivity index (χ3n) is 3.04. The molecule has 2 rings (SSSR count). The number of hydrogen-bond acceptors (Lipinski definition) is 3. The average Bonchev–Trinajstić information content (AvgIpc) is 2.32. The molecule has 1 atom stereocenters. The van der Waals surface area contributed by atoms with Crippen molar-refractivity contribution >= 4 is 11.8 Å². The molecule has 1 aromatic carbocycles. The Morgan fingerprint density at radius 3 is 2.89 bits per heavy atom. The monoisotopic (exact) mass is 269 g/mol. The summed E-state index contributed by atoms with van der Waals surface area (Å²) >= 11 is 1.80.